The first-order valence-electron chi connectivity index (χ1n) is 13.3. The van der Waals surface area contributed by atoms with Crippen molar-refractivity contribution in [2.75, 3.05) is 6.79 Å². The van der Waals surface area contributed by atoms with Crippen molar-refractivity contribution >= 4 is 37.5 Å². The molecule has 5 aromatic rings. The zero-order chi connectivity index (χ0) is 24.9. The van der Waals surface area contributed by atoms with E-state index in [-0.39, 0.29) is 6.79 Å². The highest BCUT2D eigenvalue weighted by Crippen LogP contribution is 2.48. The molecule has 1 aliphatic carbocycles. The molecule has 1 fully saturated rings. The molecule has 1 aliphatic heterocycles. The van der Waals surface area contributed by atoms with E-state index in [9.17, 15) is 0 Å². The molecule has 0 N–H and O–H groups in total. The Morgan fingerprint density at radius 2 is 1.19 bits per heavy atom. The summed E-state index contributed by atoms with van der Waals surface area (Å²) < 4.78 is 13.3. The standard InChI is InChI=1S/C34H29BrO2/c1-21-2-4-22(5-3-21)23-6-8-24(9-7-23)27-11-10-25-13-16-31-33(29(25)18-27)34-30-19-28(35)15-12-26(30)14-17-32(34)37-20-36-31/h6-19,21-22H,2-5,20H2,1H3. The van der Waals surface area contributed by atoms with Gasteiger partial charge in [0, 0.05) is 15.6 Å². The number of rotatable bonds is 2. The molecule has 0 aromatic heterocycles. The zero-order valence-corrected chi connectivity index (χ0v) is 22.6. The molecular formula is C34H29BrO2. The van der Waals surface area contributed by atoms with Crippen LogP contribution in [0.5, 0.6) is 11.5 Å². The fraction of sp³-hybridized carbons (Fsp3) is 0.235. The quantitative estimate of drug-likeness (QED) is 0.218. The molecule has 0 saturated heterocycles. The Bertz CT molecular complexity index is 1630. The van der Waals surface area contributed by atoms with Gasteiger partial charge >= 0.3 is 0 Å². The second kappa shape index (κ2) is 9.22. The van der Waals surface area contributed by atoms with Crippen LogP contribution in [0.15, 0.2) is 89.4 Å². The molecular weight excluding hydrogens is 520 g/mol. The number of hydrogen-bond acceptors (Lipinski definition) is 2. The molecule has 3 heteroatoms. The highest BCUT2D eigenvalue weighted by atomic mass is 79.9. The lowest BCUT2D eigenvalue weighted by molar-refractivity contribution is 0.125. The van der Waals surface area contributed by atoms with E-state index >= 15 is 0 Å². The van der Waals surface area contributed by atoms with Crippen molar-refractivity contribution in [2.45, 2.75) is 38.5 Å². The van der Waals surface area contributed by atoms with Gasteiger partial charge in [-0.05, 0) is 93.2 Å². The van der Waals surface area contributed by atoms with E-state index in [0.29, 0.717) is 5.92 Å². The monoisotopic (exact) mass is 548 g/mol. The summed E-state index contributed by atoms with van der Waals surface area (Å²) in [6.07, 6.45) is 5.32. The van der Waals surface area contributed by atoms with Crippen molar-refractivity contribution in [3.63, 3.8) is 0 Å². The Balaban J connectivity index is 1.37. The largest absolute Gasteiger partial charge is 0.457 e. The maximum absolute atomic E-state index is 6.12. The summed E-state index contributed by atoms with van der Waals surface area (Å²) in [6.45, 7) is 2.59. The van der Waals surface area contributed by atoms with Crippen LogP contribution in [0.2, 0.25) is 0 Å². The Labute approximate surface area is 226 Å². The van der Waals surface area contributed by atoms with Gasteiger partial charge in [-0.2, -0.15) is 0 Å². The van der Waals surface area contributed by atoms with Crippen LogP contribution in [-0.4, -0.2) is 6.79 Å². The van der Waals surface area contributed by atoms with E-state index < -0.39 is 0 Å². The predicted molar refractivity (Wildman–Crippen MR) is 157 cm³/mol. The average molecular weight is 550 g/mol. The second-order valence-corrected chi connectivity index (χ2v) is 11.6. The Morgan fingerprint density at radius 1 is 0.622 bits per heavy atom. The van der Waals surface area contributed by atoms with E-state index in [2.05, 4.69) is 108 Å². The summed E-state index contributed by atoms with van der Waals surface area (Å²) in [5, 5.41) is 4.71. The number of ether oxygens (including phenoxy) is 2. The van der Waals surface area contributed by atoms with Gasteiger partial charge in [-0.3, -0.25) is 0 Å². The normalized spacial score (nSPS) is 19.0. The lowest BCUT2D eigenvalue weighted by Crippen LogP contribution is -2.10. The Kier molecular flexibility index (Phi) is 5.70. The van der Waals surface area contributed by atoms with Gasteiger partial charge in [0.1, 0.15) is 11.5 Å². The average Bonchev–Trinajstić information content (AvgIpc) is 3.13. The Hall–Kier alpha value is -3.30. The summed E-state index contributed by atoms with van der Waals surface area (Å²) in [7, 11) is 0. The third-order valence-electron chi connectivity index (χ3n) is 8.34. The van der Waals surface area contributed by atoms with Crippen molar-refractivity contribution in [2.24, 2.45) is 5.92 Å². The molecule has 5 aromatic carbocycles. The third kappa shape index (κ3) is 4.10. The van der Waals surface area contributed by atoms with Crippen LogP contribution in [0.3, 0.4) is 0 Å². The predicted octanol–water partition coefficient (Wildman–Crippen LogP) is 10.1. The third-order valence-corrected chi connectivity index (χ3v) is 8.83. The zero-order valence-electron chi connectivity index (χ0n) is 21.0. The maximum Gasteiger partial charge on any atom is 0.230 e. The number of fused-ring (bicyclic) bond motifs is 7. The number of hydrogen-bond donors (Lipinski definition) is 0. The summed E-state index contributed by atoms with van der Waals surface area (Å²) in [6, 6.07) is 30.9. The van der Waals surface area contributed by atoms with Gasteiger partial charge in [0.25, 0.3) is 0 Å². The lowest BCUT2D eigenvalue weighted by Gasteiger charge is -2.26. The molecule has 7 rings (SSSR count). The topological polar surface area (TPSA) is 18.5 Å². The molecule has 1 heterocycles. The maximum atomic E-state index is 6.12. The van der Waals surface area contributed by atoms with E-state index in [0.717, 1.165) is 38.4 Å². The van der Waals surface area contributed by atoms with Gasteiger partial charge in [-0.15, -0.1) is 0 Å². The van der Waals surface area contributed by atoms with Crippen LogP contribution in [0, 0.1) is 5.92 Å². The highest BCUT2D eigenvalue weighted by Gasteiger charge is 2.23. The second-order valence-electron chi connectivity index (χ2n) is 10.7. The number of benzene rings is 5. The van der Waals surface area contributed by atoms with Crippen molar-refractivity contribution in [1.82, 2.24) is 0 Å². The van der Waals surface area contributed by atoms with Crippen molar-refractivity contribution in [3.8, 4) is 33.8 Å². The van der Waals surface area contributed by atoms with Crippen molar-refractivity contribution in [1.29, 1.82) is 0 Å². The van der Waals surface area contributed by atoms with Gasteiger partial charge in [0.15, 0.2) is 0 Å². The minimum Gasteiger partial charge on any atom is -0.457 e. The first-order valence-corrected chi connectivity index (χ1v) is 14.1. The van der Waals surface area contributed by atoms with Gasteiger partial charge < -0.3 is 9.47 Å². The van der Waals surface area contributed by atoms with Gasteiger partial charge in [-0.1, -0.05) is 90.3 Å². The molecule has 0 atom stereocenters. The van der Waals surface area contributed by atoms with E-state index in [1.54, 1.807) is 0 Å². The van der Waals surface area contributed by atoms with Crippen LogP contribution in [0.4, 0.5) is 0 Å². The summed E-state index contributed by atoms with van der Waals surface area (Å²) >= 11 is 3.68. The van der Waals surface area contributed by atoms with Gasteiger partial charge in [0.2, 0.25) is 6.79 Å². The highest BCUT2D eigenvalue weighted by molar-refractivity contribution is 9.10. The molecule has 2 nitrogen and oxygen atoms in total. The molecule has 0 unspecified atom stereocenters. The van der Waals surface area contributed by atoms with Crippen molar-refractivity contribution in [3.05, 3.63) is 95.0 Å². The van der Waals surface area contributed by atoms with Crippen LogP contribution in [-0.2, 0) is 0 Å². The fourth-order valence-corrected chi connectivity index (χ4v) is 6.57. The van der Waals surface area contributed by atoms with Gasteiger partial charge in [0.05, 0.1) is 0 Å². The first kappa shape index (κ1) is 22.9. The van der Waals surface area contributed by atoms with Crippen molar-refractivity contribution < 1.29 is 9.47 Å². The minimum atomic E-state index is 0.201. The van der Waals surface area contributed by atoms with Crippen LogP contribution >= 0.6 is 15.9 Å². The molecule has 1 saturated carbocycles. The summed E-state index contributed by atoms with van der Waals surface area (Å²) in [5.74, 6) is 3.30. The minimum absolute atomic E-state index is 0.201. The molecule has 0 radical (unpaired) electrons. The van der Waals surface area contributed by atoms with Crippen LogP contribution in [0.25, 0.3) is 43.8 Å². The molecule has 0 bridgehead atoms. The summed E-state index contributed by atoms with van der Waals surface area (Å²) in [4.78, 5) is 0. The fourth-order valence-electron chi connectivity index (χ4n) is 6.20. The molecule has 184 valence electrons. The molecule has 37 heavy (non-hydrogen) atoms. The van der Waals surface area contributed by atoms with Gasteiger partial charge in [-0.25, -0.2) is 0 Å². The van der Waals surface area contributed by atoms with Crippen LogP contribution < -0.4 is 9.47 Å². The summed E-state index contributed by atoms with van der Waals surface area (Å²) in [5.41, 5.74) is 6.15. The van der Waals surface area contributed by atoms with E-state index in [4.69, 9.17) is 9.47 Å². The van der Waals surface area contributed by atoms with Crippen LogP contribution in [0.1, 0.15) is 44.1 Å². The molecule has 2 aliphatic rings. The van der Waals surface area contributed by atoms with E-state index in [1.165, 1.54) is 58.5 Å². The molecule has 0 spiro atoms. The number of halogens is 1. The van der Waals surface area contributed by atoms with E-state index in [1.807, 2.05) is 0 Å². The Morgan fingerprint density at radius 3 is 1.86 bits per heavy atom. The SMILES string of the molecule is CC1CCC(c2ccc(-c3ccc4ccc5c(c4c3)-c3c(ccc4ccc(Br)cc34)OCO5)cc2)CC1. The lowest BCUT2D eigenvalue weighted by atomic mass is 9.79. The smallest absolute Gasteiger partial charge is 0.230 e. The molecule has 0 amide bonds. The first-order chi connectivity index (χ1) is 18.1.